The molecule has 2 rings (SSSR count). The maximum absolute atomic E-state index is 10.1. The van der Waals surface area contributed by atoms with E-state index in [-0.39, 0.29) is 0 Å². The average Bonchev–Trinajstić information content (AvgIpc) is 2.57. The second-order valence-electron chi connectivity index (χ2n) is 4.29. The van der Waals surface area contributed by atoms with Crippen LogP contribution < -0.4 is 5.73 Å². The SMILES string of the molecule is Cc1cc(CC(O)c2cccc(N)c2)n(C)n1. The largest absolute Gasteiger partial charge is 0.399 e. The number of aromatic nitrogens is 2. The van der Waals surface area contributed by atoms with Crippen molar-refractivity contribution in [2.75, 3.05) is 5.73 Å². The van der Waals surface area contributed by atoms with Crippen LogP contribution in [0.15, 0.2) is 30.3 Å². The van der Waals surface area contributed by atoms with Crippen LogP contribution in [0.2, 0.25) is 0 Å². The Morgan fingerprint density at radius 3 is 2.76 bits per heavy atom. The summed E-state index contributed by atoms with van der Waals surface area (Å²) in [7, 11) is 1.88. The minimum atomic E-state index is -0.548. The normalized spacial score (nSPS) is 12.6. The lowest BCUT2D eigenvalue weighted by Crippen LogP contribution is -2.06. The van der Waals surface area contributed by atoms with Crippen LogP contribution in [-0.4, -0.2) is 14.9 Å². The molecule has 1 aromatic heterocycles. The lowest BCUT2D eigenvalue weighted by molar-refractivity contribution is 0.176. The predicted octanol–water partition coefficient (Wildman–Crippen LogP) is 1.59. The Kier molecular flexibility index (Phi) is 3.15. The minimum absolute atomic E-state index is 0.542. The van der Waals surface area contributed by atoms with Crippen LogP contribution >= 0.6 is 0 Å². The van der Waals surface area contributed by atoms with Crippen LogP contribution in [0.3, 0.4) is 0 Å². The fraction of sp³-hybridized carbons (Fsp3) is 0.308. The highest BCUT2D eigenvalue weighted by Gasteiger charge is 2.11. The zero-order valence-electron chi connectivity index (χ0n) is 10.1. The molecule has 0 bridgehead atoms. The molecule has 0 amide bonds. The third kappa shape index (κ3) is 2.65. The maximum atomic E-state index is 10.1. The van der Waals surface area contributed by atoms with Gasteiger partial charge in [-0.3, -0.25) is 4.68 Å². The van der Waals surface area contributed by atoms with Crippen molar-refractivity contribution in [2.45, 2.75) is 19.4 Å². The van der Waals surface area contributed by atoms with E-state index in [4.69, 9.17) is 5.73 Å². The molecule has 0 saturated heterocycles. The number of aryl methyl sites for hydroxylation is 2. The van der Waals surface area contributed by atoms with E-state index in [1.54, 1.807) is 10.7 Å². The van der Waals surface area contributed by atoms with E-state index in [0.717, 1.165) is 17.0 Å². The van der Waals surface area contributed by atoms with Crippen LogP contribution in [0.25, 0.3) is 0 Å². The van der Waals surface area contributed by atoms with Crippen molar-refractivity contribution >= 4 is 5.69 Å². The van der Waals surface area contributed by atoms with Crippen LogP contribution in [0.4, 0.5) is 5.69 Å². The van der Waals surface area contributed by atoms with Gasteiger partial charge in [0.15, 0.2) is 0 Å². The summed E-state index contributed by atoms with van der Waals surface area (Å²) in [6, 6.07) is 9.32. The Balaban J connectivity index is 2.16. The summed E-state index contributed by atoms with van der Waals surface area (Å²) in [4.78, 5) is 0. The lowest BCUT2D eigenvalue weighted by atomic mass is 10.0. The van der Waals surface area contributed by atoms with E-state index >= 15 is 0 Å². The Morgan fingerprint density at radius 2 is 2.18 bits per heavy atom. The van der Waals surface area contributed by atoms with Gasteiger partial charge < -0.3 is 10.8 Å². The lowest BCUT2D eigenvalue weighted by Gasteiger charge is -2.11. The van der Waals surface area contributed by atoms with Gasteiger partial charge in [0.05, 0.1) is 11.8 Å². The molecule has 3 N–H and O–H groups in total. The maximum Gasteiger partial charge on any atom is 0.0846 e. The third-order valence-electron chi connectivity index (χ3n) is 2.80. The molecule has 17 heavy (non-hydrogen) atoms. The van der Waals surface area contributed by atoms with Gasteiger partial charge in [-0.1, -0.05) is 12.1 Å². The van der Waals surface area contributed by atoms with Crippen LogP contribution in [0.5, 0.6) is 0 Å². The molecule has 0 aliphatic carbocycles. The number of hydrogen-bond acceptors (Lipinski definition) is 3. The molecular weight excluding hydrogens is 214 g/mol. The summed E-state index contributed by atoms with van der Waals surface area (Å²) in [6.45, 7) is 1.94. The fourth-order valence-electron chi connectivity index (χ4n) is 1.94. The first-order valence-corrected chi connectivity index (χ1v) is 5.59. The molecule has 1 unspecified atom stereocenters. The highest BCUT2D eigenvalue weighted by molar-refractivity contribution is 5.41. The number of aliphatic hydroxyl groups excluding tert-OH is 1. The van der Waals surface area contributed by atoms with Gasteiger partial charge in [0.2, 0.25) is 0 Å². The quantitative estimate of drug-likeness (QED) is 0.788. The van der Waals surface area contributed by atoms with Crippen LogP contribution in [0, 0.1) is 6.92 Å². The summed E-state index contributed by atoms with van der Waals surface area (Å²) >= 11 is 0. The predicted molar refractivity (Wildman–Crippen MR) is 67.5 cm³/mol. The topological polar surface area (TPSA) is 64.1 Å². The number of anilines is 1. The van der Waals surface area contributed by atoms with Crippen LogP contribution in [0.1, 0.15) is 23.1 Å². The highest BCUT2D eigenvalue weighted by Crippen LogP contribution is 2.20. The molecule has 0 spiro atoms. The van der Waals surface area contributed by atoms with E-state index in [0.29, 0.717) is 12.1 Å². The van der Waals surface area contributed by atoms with E-state index in [9.17, 15) is 5.11 Å². The molecule has 0 fully saturated rings. The van der Waals surface area contributed by atoms with Crippen LogP contribution in [-0.2, 0) is 13.5 Å². The highest BCUT2D eigenvalue weighted by atomic mass is 16.3. The molecule has 1 aromatic carbocycles. The van der Waals surface area contributed by atoms with E-state index in [2.05, 4.69) is 5.10 Å². The molecule has 0 saturated carbocycles. The first-order chi connectivity index (χ1) is 8.06. The van der Waals surface area contributed by atoms with Gasteiger partial charge >= 0.3 is 0 Å². The van der Waals surface area contributed by atoms with Crippen molar-refractivity contribution in [1.29, 1.82) is 0 Å². The summed E-state index contributed by atoms with van der Waals surface area (Å²) in [5.41, 5.74) is 9.17. The summed E-state index contributed by atoms with van der Waals surface area (Å²) in [5, 5.41) is 14.4. The van der Waals surface area contributed by atoms with Gasteiger partial charge in [0, 0.05) is 24.8 Å². The Hall–Kier alpha value is -1.81. The monoisotopic (exact) mass is 231 g/mol. The Labute approximate surface area is 101 Å². The summed E-state index contributed by atoms with van der Waals surface area (Å²) < 4.78 is 1.80. The molecule has 90 valence electrons. The second-order valence-corrected chi connectivity index (χ2v) is 4.29. The molecule has 4 nitrogen and oxygen atoms in total. The van der Waals surface area contributed by atoms with Gasteiger partial charge in [0.25, 0.3) is 0 Å². The number of hydrogen-bond donors (Lipinski definition) is 2. The molecule has 1 atom stereocenters. The Bertz CT molecular complexity index is 519. The molecule has 1 heterocycles. The second kappa shape index (κ2) is 4.59. The minimum Gasteiger partial charge on any atom is -0.399 e. The van der Waals surface area contributed by atoms with Gasteiger partial charge in [-0.25, -0.2) is 0 Å². The smallest absolute Gasteiger partial charge is 0.0846 e. The van der Waals surface area contributed by atoms with E-state index < -0.39 is 6.10 Å². The molecule has 0 aliphatic rings. The first-order valence-electron chi connectivity index (χ1n) is 5.59. The van der Waals surface area contributed by atoms with E-state index in [1.165, 1.54) is 0 Å². The van der Waals surface area contributed by atoms with Crippen molar-refractivity contribution < 1.29 is 5.11 Å². The van der Waals surface area contributed by atoms with Gasteiger partial charge in [-0.2, -0.15) is 5.10 Å². The molecule has 2 aromatic rings. The number of nitrogen functional groups attached to an aromatic ring is 1. The fourth-order valence-corrected chi connectivity index (χ4v) is 1.94. The van der Waals surface area contributed by atoms with Gasteiger partial charge in [-0.15, -0.1) is 0 Å². The molecular formula is C13H17N3O. The number of nitrogens with zero attached hydrogens (tertiary/aromatic N) is 2. The first kappa shape index (κ1) is 11.7. The van der Waals surface area contributed by atoms with Crippen molar-refractivity contribution in [3.05, 3.63) is 47.3 Å². The van der Waals surface area contributed by atoms with Crippen molar-refractivity contribution in [2.24, 2.45) is 7.05 Å². The number of nitrogens with two attached hydrogens (primary N) is 1. The third-order valence-corrected chi connectivity index (χ3v) is 2.80. The van der Waals surface area contributed by atoms with Crippen molar-refractivity contribution in [1.82, 2.24) is 9.78 Å². The Morgan fingerprint density at radius 1 is 1.41 bits per heavy atom. The number of aliphatic hydroxyl groups is 1. The van der Waals surface area contributed by atoms with Crippen molar-refractivity contribution in [3.8, 4) is 0 Å². The summed E-state index contributed by atoms with van der Waals surface area (Å²) in [5.74, 6) is 0. The zero-order valence-corrected chi connectivity index (χ0v) is 10.1. The number of benzene rings is 1. The van der Waals surface area contributed by atoms with Crippen molar-refractivity contribution in [3.63, 3.8) is 0 Å². The van der Waals surface area contributed by atoms with Gasteiger partial charge in [-0.05, 0) is 30.7 Å². The zero-order chi connectivity index (χ0) is 12.4. The van der Waals surface area contributed by atoms with E-state index in [1.807, 2.05) is 38.2 Å². The number of rotatable bonds is 3. The van der Waals surface area contributed by atoms with Gasteiger partial charge in [0.1, 0.15) is 0 Å². The standard InChI is InChI=1S/C13H17N3O/c1-9-6-12(16(2)15-9)8-13(17)10-4-3-5-11(14)7-10/h3-7,13,17H,8,14H2,1-2H3. The molecule has 4 heteroatoms. The summed E-state index contributed by atoms with van der Waals surface area (Å²) in [6.07, 6.45) is -0.00542. The molecule has 0 radical (unpaired) electrons. The average molecular weight is 231 g/mol. The molecule has 0 aliphatic heterocycles.